The number of nitrogen functional groups attached to an aromatic ring is 1. The summed E-state index contributed by atoms with van der Waals surface area (Å²) in [6.07, 6.45) is -5.34. The SMILES string of the molecule is COc1c(N)cccc1-c1nnnn1C(C)CC(F)(F)F. The average Bonchev–Trinajstić information content (AvgIpc) is 2.85. The quantitative estimate of drug-likeness (QED) is 0.877. The molecule has 0 aliphatic heterocycles. The number of hydrogen-bond donors (Lipinski definition) is 1. The van der Waals surface area contributed by atoms with Crippen molar-refractivity contribution in [2.45, 2.75) is 25.6 Å². The third-order valence-corrected chi connectivity index (χ3v) is 2.93. The third kappa shape index (κ3) is 3.23. The molecule has 1 unspecified atom stereocenters. The number of hydrogen-bond acceptors (Lipinski definition) is 5. The number of nitrogens with two attached hydrogens (primary N) is 1. The molecular weight excluding hydrogens is 287 g/mol. The highest BCUT2D eigenvalue weighted by molar-refractivity contribution is 5.73. The summed E-state index contributed by atoms with van der Waals surface area (Å²) in [4.78, 5) is 0. The zero-order valence-corrected chi connectivity index (χ0v) is 11.4. The molecule has 1 atom stereocenters. The van der Waals surface area contributed by atoms with Gasteiger partial charge in [0, 0.05) is 0 Å². The van der Waals surface area contributed by atoms with E-state index in [2.05, 4.69) is 15.5 Å². The second-order valence-electron chi connectivity index (χ2n) is 4.54. The summed E-state index contributed by atoms with van der Waals surface area (Å²) in [5.74, 6) is 0.503. The normalized spacial score (nSPS) is 13.2. The smallest absolute Gasteiger partial charge is 0.391 e. The lowest BCUT2D eigenvalue weighted by Gasteiger charge is -2.16. The monoisotopic (exact) mass is 301 g/mol. The van der Waals surface area contributed by atoms with Crippen LogP contribution in [0.15, 0.2) is 18.2 Å². The van der Waals surface area contributed by atoms with Gasteiger partial charge in [-0.2, -0.15) is 13.2 Å². The molecule has 6 nitrogen and oxygen atoms in total. The fourth-order valence-corrected chi connectivity index (χ4v) is 2.05. The third-order valence-electron chi connectivity index (χ3n) is 2.93. The summed E-state index contributed by atoms with van der Waals surface area (Å²) < 4.78 is 43.8. The first-order valence-electron chi connectivity index (χ1n) is 6.11. The van der Waals surface area contributed by atoms with Crippen molar-refractivity contribution >= 4 is 5.69 Å². The maximum absolute atomic E-state index is 12.5. The van der Waals surface area contributed by atoms with Crippen LogP contribution in [0.3, 0.4) is 0 Å². The lowest BCUT2D eigenvalue weighted by Crippen LogP contribution is -2.18. The molecule has 0 aliphatic rings. The highest BCUT2D eigenvalue weighted by atomic mass is 19.4. The Kier molecular flexibility index (Phi) is 4.01. The standard InChI is InChI=1S/C12H14F3N5O/c1-7(6-12(13,14)15)20-11(17-18-19-20)8-4-3-5-9(16)10(8)21-2/h3-5,7H,6,16H2,1-2H3. The van der Waals surface area contributed by atoms with Crippen LogP contribution in [0.4, 0.5) is 18.9 Å². The van der Waals surface area contributed by atoms with E-state index in [1.807, 2.05) is 0 Å². The van der Waals surface area contributed by atoms with Gasteiger partial charge in [0.15, 0.2) is 11.6 Å². The van der Waals surface area contributed by atoms with Gasteiger partial charge in [-0.05, 0) is 29.5 Å². The molecule has 0 aliphatic carbocycles. The Morgan fingerprint density at radius 2 is 2.10 bits per heavy atom. The number of halogens is 3. The summed E-state index contributed by atoms with van der Waals surface area (Å²) in [6.45, 7) is 1.39. The van der Waals surface area contributed by atoms with Crippen molar-refractivity contribution in [2.24, 2.45) is 0 Å². The molecule has 21 heavy (non-hydrogen) atoms. The first-order valence-corrected chi connectivity index (χ1v) is 6.11. The van der Waals surface area contributed by atoms with Crippen LogP contribution in [0.25, 0.3) is 11.4 Å². The number of para-hydroxylation sites is 1. The van der Waals surface area contributed by atoms with E-state index in [4.69, 9.17) is 10.5 Å². The fraction of sp³-hybridized carbons (Fsp3) is 0.417. The largest absolute Gasteiger partial charge is 0.494 e. The van der Waals surface area contributed by atoms with Gasteiger partial charge in [-0.1, -0.05) is 6.07 Å². The van der Waals surface area contributed by atoms with Crippen LogP contribution in [0.5, 0.6) is 5.75 Å². The second kappa shape index (κ2) is 5.58. The lowest BCUT2D eigenvalue weighted by atomic mass is 10.1. The molecule has 114 valence electrons. The number of anilines is 1. The van der Waals surface area contributed by atoms with Crippen LogP contribution in [0, 0.1) is 0 Å². The van der Waals surface area contributed by atoms with Gasteiger partial charge < -0.3 is 10.5 Å². The predicted molar refractivity (Wildman–Crippen MR) is 69.6 cm³/mol. The summed E-state index contributed by atoms with van der Waals surface area (Å²) in [5.41, 5.74) is 6.58. The fourth-order valence-electron chi connectivity index (χ4n) is 2.05. The van der Waals surface area contributed by atoms with Gasteiger partial charge in [0.1, 0.15) is 0 Å². The number of tetrazole rings is 1. The molecule has 0 saturated carbocycles. The first-order chi connectivity index (χ1) is 9.83. The summed E-state index contributed by atoms with van der Waals surface area (Å²) >= 11 is 0. The van der Waals surface area contributed by atoms with Crippen molar-refractivity contribution in [3.63, 3.8) is 0 Å². The number of methoxy groups -OCH3 is 1. The molecule has 0 saturated heterocycles. The maximum Gasteiger partial charge on any atom is 0.391 e. The van der Waals surface area contributed by atoms with Crippen LogP contribution in [0.1, 0.15) is 19.4 Å². The average molecular weight is 301 g/mol. The zero-order chi connectivity index (χ0) is 15.6. The minimum atomic E-state index is -4.30. The first kappa shape index (κ1) is 15.1. The number of benzene rings is 1. The van der Waals surface area contributed by atoms with Gasteiger partial charge in [0.25, 0.3) is 0 Å². The Bertz CT molecular complexity index is 626. The Labute approximate surface area is 118 Å². The molecule has 0 spiro atoms. The minimum Gasteiger partial charge on any atom is -0.494 e. The van der Waals surface area contributed by atoms with E-state index in [1.165, 1.54) is 14.0 Å². The Hall–Kier alpha value is -2.32. The molecule has 2 N–H and O–H groups in total. The Morgan fingerprint density at radius 3 is 2.71 bits per heavy atom. The van der Waals surface area contributed by atoms with Crippen LogP contribution >= 0.6 is 0 Å². The van der Waals surface area contributed by atoms with Crippen molar-refractivity contribution < 1.29 is 17.9 Å². The predicted octanol–water partition coefficient (Wildman–Crippen LogP) is 2.44. The van der Waals surface area contributed by atoms with E-state index in [9.17, 15) is 13.2 Å². The number of nitrogens with zero attached hydrogens (tertiary/aromatic N) is 4. The van der Waals surface area contributed by atoms with Gasteiger partial charge >= 0.3 is 6.18 Å². The second-order valence-corrected chi connectivity index (χ2v) is 4.54. The molecule has 9 heteroatoms. The summed E-state index contributed by atoms with van der Waals surface area (Å²) in [5, 5.41) is 10.9. The molecule has 2 aromatic rings. The molecule has 2 rings (SSSR count). The number of rotatable bonds is 4. The topological polar surface area (TPSA) is 78.8 Å². The zero-order valence-electron chi connectivity index (χ0n) is 11.4. The van der Waals surface area contributed by atoms with Crippen LogP contribution < -0.4 is 10.5 Å². The van der Waals surface area contributed by atoms with Crippen LogP contribution in [-0.2, 0) is 0 Å². The Balaban J connectivity index is 2.44. The van der Waals surface area contributed by atoms with Gasteiger partial charge in [-0.3, -0.25) is 0 Å². The summed E-state index contributed by atoms with van der Waals surface area (Å²) in [6, 6.07) is 3.97. The van der Waals surface area contributed by atoms with E-state index in [1.54, 1.807) is 18.2 Å². The molecule has 1 aromatic heterocycles. The van der Waals surface area contributed by atoms with Crippen molar-refractivity contribution in [2.75, 3.05) is 12.8 Å². The number of ether oxygens (including phenoxy) is 1. The lowest BCUT2D eigenvalue weighted by molar-refractivity contribution is -0.142. The molecular formula is C12H14F3N5O. The highest BCUT2D eigenvalue weighted by Gasteiger charge is 2.32. The van der Waals surface area contributed by atoms with Crippen molar-refractivity contribution in [3.8, 4) is 17.1 Å². The summed E-state index contributed by atoms with van der Waals surface area (Å²) in [7, 11) is 1.42. The van der Waals surface area contributed by atoms with Gasteiger partial charge in [0.2, 0.25) is 0 Å². The molecule has 0 radical (unpaired) electrons. The Morgan fingerprint density at radius 1 is 1.38 bits per heavy atom. The van der Waals surface area contributed by atoms with Gasteiger partial charge in [-0.15, -0.1) is 5.10 Å². The van der Waals surface area contributed by atoms with E-state index < -0.39 is 18.6 Å². The van der Waals surface area contributed by atoms with Crippen molar-refractivity contribution in [3.05, 3.63) is 18.2 Å². The van der Waals surface area contributed by atoms with E-state index in [0.29, 0.717) is 17.0 Å². The highest BCUT2D eigenvalue weighted by Crippen LogP contribution is 2.35. The number of aromatic nitrogens is 4. The van der Waals surface area contributed by atoms with E-state index >= 15 is 0 Å². The van der Waals surface area contributed by atoms with Crippen LogP contribution in [0.2, 0.25) is 0 Å². The van der Waals surface area contributed by atoms with Gasteiger partial charge in [-0.25, -0.2) is 4.68 Å². The number of alkyl halides is 3. The van der Waals surface area contributed by atoms with Crippen molar-refractivity contribution in [1.82, 2.24) is 20.2 Å². The minimum absolute atomic E-state index is 0.177. The van der Waals surface area contributed by atoms with Crippen LogP contribution in [-0.4, -0.2) is 33.5 Å². The van der Waals surface area contributed by atoms with E-state index in [0.717, 1.165) is 4.68 Å². The van der Waals surface area contributed by atoms with Crippen molar-refractivity contribution in [1.29, 1.82) is 0 Å². The molecule has 1 heterocycles. The molecule has 0 bridgehead atoms. The molecule has 1 aromatic carbocycles. The van der Waals surface area contributed by atoms with E-state index in [-0.39, 0.29) is 5.82 Å². The van der Waals surface area contributed by atoms with Gasteiger partial charge in [0.05, 0.1) is 30.8 Å². The molecule has 0 fully saturated rings. The molecule has 0 amide bonds. The maximum atomic E-state index is 12.5.